The summed E-state index contributed by atoms with van der Waals surface area (Å²) in [6.45, 7) is 1.96. The Morgan fingerprint density at radius 3 is 2.32 bits per heavy atom. The highest BCUT2D eigenvalue weighted by Crippen LogP contribution is 2.22. The smallest absolute Gasteiger partial charge is 0.344 e. The number of nitrogens with one attached hydrogen (secondary N) is 3. The molecule has 0 radical (unpaired) electrons. The molecule has 2 aromatic carbocycles. The van der Waals surface area contributed by atoms with E-state index in [9.17, 15) is 19.2 Å². The van der Waals surface area contributed by atoms with Crippen LogP contribution in [-0.2, 0) is 16.0 Å². The maximum Gasteiger partial charge on any atom is 0.344 e. The Labute approximate surface area is 181 Å². The van der Waals surface area contributed by atoms with E-state index in [1.54, 1.807) is 31.2 Å². The summed E-state index contributed by atoms with van der Waals surface area (Å²) in [5.41, 5.74) is 2.90. The highest BCUT2D eigenvalue weighted by Gasteiger charge is 2.48. The molecule has 3 rings (SSSR count). The molecule has 1 unspecified atom stereocenters. The molecule has 1 saturated heterocycles. The lowest BCUT2D eigenvalue weighted by Crippen LogP contribution is -2.49. The summed E-state index contributed by atoms with van der Waals surface area (Å²) >= 11 is 0. The van der Waals surface area contributed by atoms with Crippen LogP contribution in [0.1, 0.15) is 42.1 Å². The highest BCUT2D eigenvalue weighted by molar-refractivity contribution is 6.07. The fourth-order valence-electron chi connectivity index (χ4n) is 3.32. The number of imide groups is 1. The number of hydrogen-bond acceptors (Lipinski definition) is 4. The monoisotopic (exact) mass is 422 g/mol. The third kappa shape index (κ3) is 5.69. The van der Waals surface area contributed by atoms with Gasteiger partial charge in [0.15, 0.2) is 0 Å². The molecule has 0 spiro atoms. The maximum absolute atomic E-state index is 12.7. The fourth-order valence-corrected chi connectivity index (χ4v) is 3.32. The van der Waals surface area contributed by atoms with Gasteiger partial charge in [-0.15, -0.1) is 0 Å². The van der Waals surface area contributed by atoms with E-state index in [2.05, 4.69) is 16.1 Å². The van der Waals surface area contributed by atoms with Gasteiger partial charge in [-0.1, -0.05) is 48.5 Å². The van der Waals surface area contributed by atoms with Crippen LogP contribution in [0, 0.1) is 0 Å². The molecular formula is C23H26N4O4. The van der Waals surface area contributed by atoms with Crippen molar-refractivity contribution in [3.05, 3.63) is 71.8 Å². The molecule has 1 fully saturated rings. The van der Waals surface area contributed by atoms with Crippen molar-refractivity contribution < 1.29 is 19.2 Å². The van der Waals surface area contributed by atoms with E-state index in [1.165, 1.54) is 0 Å². The quantitative estimate of drug-likeness (QED) is 0.425. The van der Waals surface area contributed by atoms with Gasteiger partial charge >= 0.3 is 6.03 Å². The second-order valence-electron chi connectivity index (χ2n) is 7.65. The Hall–Kier alpha value is -3.68. The Morgan fingerprint density at radius 1 is 1.00 bits per heavy atom. The van der Waals surface area contributed by atoms with Gasteiger partial charge < -0.3 is 10.6 Å². The minimum atomic E-state index is -1.08. The summed E-state index contributed by atoms with van der Waals surface area (Å²) in [5, 5.41) is 6.15. The summed E-state index contributed by atoms with van der Waals surface area (Å²) in [7, 11) is 0. The average molecular weight is 422 g/mol. The molecule has 1 heterocycles. The summed E-state index contributed by atoms with van der Waals surface area (Å²) in [6.07, 6.45) is 1.47. The number of benzene rings is 2. The largest absolute Gasteiger partial charge is 0.352 e. The minimum absolute atomic E-state index is 0.0624. The number of aryl methyl sites for hydroxylation is 1. The number of carbonyl (C=O) groups excluding carboxylic acids is 4. The van der Waals surface area contributed by atoms with E-state index < -0.39 is 23.4 Å². The Balaban J connectivity index is 1.43. The maximum atomic E-state index is 12.7. The highest BCUT2D eigenvalue weighted by atomic mass is 16.2. The third-order valence-electron chi connectivity index (χ3n) is 5.16. The molecule has 8 heteroatoms. The SMILES string of the molecule is CC1(CCc2ccccc2)NC(=O)N(NC(=O)CCCNC(=O)c2ccccc2)C1=O. The zero-order chi connectivity index (χ0) is 22.3. The Morgan fingerprint density at radius 2 is 1.65 bits per heavy atom. The van der Waals surface area contributed by atoms with Crippen LogP contribution in [0.25, 0.3) is 0 Å². The number of rotatable bonds is 9. The number of urea groups is 1. The molecule has 0 aromatic heterocycles. The molecule has 5 amide bonds. The number of carbonyl (C=O) groups is 4. The van der Waals surface area contributed by atoms with E-state index >= 15 is 0 Å². The number of nitrogens with zero attached hydrogens (tertiary/aromatic N) is 1. The lowest BCUT2D eigenvalue weighted by molar-refractivity contribution is -0.138. The molecule has 1 atom stereocenters. The van der Waals surface area contributed by atoms with Gasteiger partial charge in [0.1, 0.15) is 5.54 Å². The van der Waals surface area contributed by atoms with Crippen LogP contribution in [-0.4, -0.2) is 40.8 Å². The van der Waals surface area contributed by atoms with Gasteiger partial charge in [-0.2, -0.15) is 5.01 Å². The summed E-state index contributed by atoms with van der Waals surface area (Å²) < 4.78 is 0. The van der Waals surface area contributed by atoms with Gasteiger partial charge in [0, 0.05) is 18.5 Å². The first-order valence-electron chi connectivity index (χ1n) is 10.2. The van der Waals surface area contributed by atoms with E-state index in [-0.39, 0.29) is 12.3 Å². The third-order valence-corrected chi connectivity index (χ3v) is 5.16. The molecule has 1 aliphatic rings. The Kier molecular flexibility index (Phi) is 7.02. The number of amides is 5. The van der Waals surface area contributed by atoms with E-state index in [1.807, 2.05) is 36.4 Å². The van der Waals surface area contributed by atoms with E-state index in [0.717, 1.165) is 10.6 Å². The van der Waals surface area contributed by atoms with Crippen LogP contribution < -0.4 is 16.1 Å². The first kappa shape index (κ1) is 22.0. The topological polar surface area (TPSA) is 108 Å². The van der Waals surface area contributed by atoms with Gasteiger partial charge in [0.25, 0.3) is 11.8 Å². The summed E-state index contributed by atoms with van der Waals surface area (Å²) in [6, 6.07) is 17.8. The standard InChI is InChI=1S/C23H26N4O4/c1-23(15-14-17-9-4-2-5-10-17)21(30)27(22(31)25-23)26-19(28)13-8-16-24-20(29)18-11-6-3-7-12-18/h2-7,9-12H,8,13-16H2,1H3,(H,24,29)(H,25,31)(H,26,28). The van der Waals surface area contributed by atoms with Crippen molar-refractivity contribution in [3.63, 3.8) is 0 Å². The molecule has 0 aliphatic carbocycles. The van der Waals surface area contributed by atoms with Crippen molar-refractivity contribution in [1.29, 1.82) is 0 Å². The molecule has 162 valence electrons. The predicted octanol–water partition coefficient (Wildman–Crippen LogP) is 2.17. The lowest BCUT2D eigenvalue weighted by atomic mass is 9.93. The lowest BCUT2D eigenvalue weighted by Gasteiger charge is -2.21. The predicted molar refractivity (Wildman–Crippen MR) is 115 cm³/mol. The minimum Gasteiger partial charge on any atom is -0.352 e. The van der Waals surface area contributed by atoms with Gasteiger partial charge in [-0.25, -0.2) is 4.79 Å². The number of hydrazine groups is 1. The molecule has 31 heavy (non-hydrogen) atoms. The van der Waals surface area contributed by atoms with Crippen molar-refractivity contribution >= 4 is 23.8 Å². The van der Waals surface area contributed by atoms with Gasteiger partial charge in [0.05, 0.1) is 0 Å². The first-order chi connectivity index (χ1) is 14.9. The molecule has 8 nitrogen and oxygen atoms in total. The van der Waals surface area contributed by atoms with Crippen molar-refractivity contribution in [3.8, 4) is 0 Å². The van der Waals surface area contributed by atoms with Crippen LogP contribution in [0.5, 0.6) is 0 Å². The molecular weight excluding hydrogens is 396 g/mol. The van der Waals surface area contributed by atoms with Crippen molar-refractivity contribution in [1.82, 2.24) is 21.1 Å². The average Bonchev–Trinajstić information content (AvgIpc) is 3.00. The molecule has 0 bridgehead atoms. The first-order valence-corrected chi connectivity index (χ1v) is 10.2. The van der Waals surface area contributed by atoms with Crippen LogP contribution >= 0.6 is 0 Å². The number of hydrogen-bond donors (Lipinski definition) is 3. The second kappa shape index (κ2) is 9.88. The molecule has 1 aliphatic heterocycles. The van der Waals surface area contributed by atoms with Gasteiger partial charge in [-0.3, -0.25) is 19.8 Å². The molecule has 2 aromatic rings. The zero-order valence-corrected chi connectivity index (χ0v) is 17.4. The fraction of sp³-hybridized carbons (Fsp3) is 0.304. The van der Waals surface area contributed by atoms with E-state index in [0.29, 0.717) is 31.4 Å². The van der Waals surface area contributed by atoms with Crippen LogP contribution in [0.2, 0.25) is 0 Å². The van der Waals surface area contributed by atoms with Crippen LogP contribution in [0.15, 0.2) is 60.7 Å². The second-order valence-corrected chi connectivity index (χ2v) is 7.65. The normalized spacial score (nSPS) is 17.9. The molecule has 0 saturated carbocycles. The van der Waals surface area contributed by atoms with Crippen molar-refractivity contribution in [2.24, 2.45) is 0 Å². The Bertz CT molecular complexity index is 949. The zero-order valence-electron chi connectivity index (χ0n) is 17.4. The van der Waals surface area contributed by atoms with Crippen LogP contribution in [0.4, 0.5) is 4.79 Å². The van der Waals surface area contributed by atoms with Crippen LogP contribution in [0.3, 0.4) is 0 Å². The summed E-state index contributed by atoms with van der Waals surface area (Å²) in [4.78, 5) is 49.2. The van der Waals surface area contributed by atoms with Crippen molar-refractivity contribution in [2.75, 3.05) is 6.54 Å². The summed E-state index contributed by atoms with van der Waals surface area (Å²) in [5.74, 6) is -1.17. The van der Waals surface area contributed by atoms with E-state index in [4.69, 9.17) is 0 Å². The molecule has 3 N–H and O–H groups in total. The van der Waals surface area contributed by atoms with Gasteiger partial charge in [0.2, 0.25) is 5.91 Å². The van der Waals surface area contributed by atoms with Crippen molar-refractivity contribution in [2.45, 2.75) is 38.1 Å². The van der Waals surface area contributed by atoms with Gasteiger partial charge in [-0.05, 0) is 43.9 Å².